The second kappa shape index (κ2) is 7.35. The smallest absolute Gasteiger partial charge is 0.242 e. The number of thiazole rings is 1. The molecule has 0 atom stereocenters. The van der Waals surface area contributed by atoms with Gasteiger partial charge in [0, 0.05) is 39.8 Å². The number of aliphatic hydroxyl groups excluding tert-OH is 1. The number of benzene rings is 1. The molecule has 0 spiro atoms. The van der Waals surface area contributed by atoms with Gasteiger partial charge >= 0.3 is 0 Å². The van der Waals surface area contributed by atoms with E-state index in [1.807, 2.05) is 24.3 Å². The summed E-state index contributed by atoms with van der Waals surface area (Å²) in [5.41, 5.74) is 0.935. The molecule has 0 aliphatic carbocycles. The highest BCUT2D eigenvalue weighted by Crippen LogP contribution is 2.27. The number of carbonyl (C=O) groups is 1. The summed E-state index contributed by atoms with van der Waals surface area (Å²) >= 11 is 1.54. The highest BCUT2D eigenvalue weighted by Gasteiger charge is 2.22. The Morgan fingerprint density at radius 1 is 1.26 bits per heavy atom. The van der Waals surface area contributed by atoms with E-state index < -0.39 is 0 Å². The third-order valence-corrected chi connectivity index (χ3v) is 5.30. The van der Waals surface area contributed by atoms with Crippen LogP contribution in [0.1, 0.15) is 0 Å². The van der Waals surface area contributed by atoms with Gasteiger partial charge in [0.15, 0.2) is 5.13 Å². The molecule has 1 amide bonds. The molecule has 1 aromatic carbocycles. The van der Waals surface area contributed by atoms with Gasteiger partial charge in [0.1, 0.15) is 0 Å². The van der Waals surface area contributed by atoms with Gasteiger partial charge in [-0.1, -0.05) is 23.5 Å². The zero-order valence-corrected chi connectivity index (χ0v) is 14.1. The second-order valence-electron chi connectivity index (χ2n) is 5.76. The molecule has 1 aliphatic rings. The van der Waals surface area contributed by atoms with Crippen LogP contribution in [0.3, 0.4) is 0 Å². The van der Waals surface area contributed by atoms with Gasteiger partial charge in [0.05, 0.1) is 23.4 Å². The predicted molar refractivity (Wildman–Crippen MR) is 93.0 cm³/mol. The lowest BCUT2D eigenvalue weighted by Crippen LogP contribution is -2.50. The van der Waals surface area contributed by atoms with E-state index in [9.17, 15) is 4.79 Å². The molecule has 0 radical (unpaired) electrons. The van der Waals surface area contributed by atoms with Crippen LogP contribution in [0.5, 0.6) is 0 Å². The first kappa shape index (κ1) is 16.3. The number of hydrogen-bond donors (Lipinski definition) is 1. The Bertz CT molecular complexity index is 634. The van der Waals surface area contributed by atoms with Crippen LogP contribution >= 0.6 is 11.3 Å². The second-order valence-corrected chi connectivity index (χ2v) is 6.77. The molecule has 2 heterocycles. The van der Waals surface area contributed by atoms with Crippen LogP contribution in [-0.4, -0.2) is 78.7 Å². The van der Waals surface area contributed by atoms with E-state index >= 15 is 0 Å². The number of anilines is 1. The zero-order chi connectivity index (χ0) is 16.2. The molecule has 0 saturated carbocycles. The van der Waals surface area contributed by atoms with Crippen molar-refractivity contribution < 1.29 is 9.90 Å². The topological polar surface area (TPSA) is 59.9 Å². The van der Waals surface area contributed by atoms with E-state index in [4.69, 9.17) is 5.11 Å². The van der Waals surface area contributed by atoms with Crippen molar-refractivity contribution >= 4 is 32.6 Å². The number of aliphatic hydroxyl groups is 1. The Morgan fingerprint density at radius 2 is 1.96 bits per heavy atom. The molecule has 1 aliphatic heterocycles. The van der Waals surface area contributed by atoms with Crippen LogP contribution in [0.15, 0.2) is 24.3 Å². The predicted octanol–water partition coefficient (Wildman–Crippen LogP) is 0.869. The molecule has 124 valence electrons. The molecular formula is C16H22N4O2S. The van der Waals surface area contributed by atoms with Crippen molar-refractivity contribution in [3.05, 3.63) is 24.3 Å². The van der Waals surface area contributed by atoms with Gasteiger partial charge in [-0.05, 0) is 12.1 Å². The maximum absolute atomic E-state index is 12.5. The van der Waals surface area contributed by atoms with E-state index in [1.54, 1.807) is 23.3 Å². The summed E-state index contributed by atoms with van der Waals surface area (Å²) in [5, 5.41) is 9.71. The van der Waals surface area contributed by atoms with Crippen LogP contribution in [0.2, 0.25) is 0 Å². The molecule has 7 heteroatoms. The molecule has 1 aromatic heterocycles. The van der Waals surface area contributed by atoms with Crippen LogP contribution in [-0.2, 0) is 4.79 Å². The van der Waals surface area contributed by atoms with Crippen molar-refractivity contribution in [1.82, 2.24) is 14.8 Å². The molecule has 1 N–H and O–H groups in total. The van der Waals surface area contributed by atoms with Crippen LogP contribution in [0.25, 0.3) is 10.2 Å². The highest BCUT2D eigenvalue weighted by atomic mass is 32.1. The Kier molecular flexibility index (Phi) is 5.22. The molecule has 3 rings (SSSR count). The number of hydrogen-bond acceptors (Lipinski definition) is 6. The minimum absolute atomic E-state index is 0.0691. The lowest BCUT2D eigenvalue weighted by molar-refractivity contribution is -0.119. The first-order chi connectivity index (χ1) is 11.2. The number of para-hydroxylation sites is 1. The van der Waals surface area contributed by atoms with E-state index in [1.165, 1.54) is 0 Å². The lowest BCUT2D eigenvalue weighted by atomic mass is 10.3. The Hall–Kier alpha value is -1.54. The summed E-state index contributed by atoms with van der Waals surface area (Å²) in [6, 6.07) is 7.93. The van der Waals surface area contributed by atoms with Crippen molar-refractivity contribution in [2.45, 2.75) is 0 Å². The number of carbonyl (C=O) groups excluding carboxylic acids is 1. The number of rotatable bonds is 5. The molecule has 23 heavy (non-hydrogen) atoms. The first-order valence-corrected chi connectivity index (χ1v) is 8.67. The number of nitrogens with zero attached hydrogens (tertiary/aromatic N) is 4. The normalized spacial score (nSPS) is 16.8. The number of aromatic nitrogens is 1. The average molecular weight is 334 g/mol. The van der Waals surface area contributed by atoms with Crippen molar-refractivity contribution in [2.24, 2.45) is 0 Å². The Balaban J connectivity index is 1.57. The molecule has 0 unspecified atom stereocenters. The summed E-state index contributed by atoms with van der Waals surface area (Å²) in [4.78, 5) is 23.1. The molecule has 6 nitrogen and oxygen atoms in total. The van der Waals surface area contributed by atoms with Crippen molar-refractivity contribution in [3.8, 4) is 0 Å². The Labute approximate surface area is 139 Å². The molecule has 1 fully saturated rings. The van der Waals surface area contributed by atoms with Gasteiger partial charge in [-0.25, -0.2) is 4.98 Å². The average Bonchev–Trinajstić information content (AvgIpc) is 3.00. The third kappa shape index (κ3) is 3.87. The number of β-amino-alcohol motifs (C(OH)–C–C–N with tert-alkyl or cyclic N) is 1. The summed E-state index contributed by atoms with van der Waals surface area (Å²) in [6.45, 7) is 4.85. The van der Waals surface area contributed by atoms with E-state index in [0.29, 0.717) is 13.1 Å². The highest BCUT2D eigenvalue weighted by molar-refractivity contribution is 7.22. The largest absolute Gasteiger partial charge is 0.395 e. The van der Waals surface area contributed by atoms with Crippen LogP contribution < -0.4 is 4.90 Å². The summed E-state index contributed by atoms with van der Waals surface area (Å²) < 4.78 is 1.10. The minimum Gasteiger partial charge on any atom is -0.395 e. The molecular weight excluding hydrogens is 312 g/mol. The number of amides is 1. The van der Waals surface area contributed by atoms with E-state index in [2.05, 4.69) is 14.8 Å². The number of likely N-dealkylation sites (N-methyl/N-ethyl adjacent to an activating group) is 1. The minimum atomic E-state index is 0.0691. The fraction of sp³-hybridized carbons (Fsp3) is 0.500. The monoisotopic (exact) mass is 334 g/mol. The van der Waals surface area contributed by atoms with Crippen molar-refractivity contribution in [3.63, 3.8) is 0 Å². The lowest BCUT2D eigenvalue weighted by Gasteiger charge is -2.34. The fourth-order valence-corrected chi connectivity index (χ4v) is 3.66. The van der Waals surface area contributed by atoms with Gasteiger partial charge < -0.3 is 5.11 Å². The number of fused-ring (bicyclic) bond motifs is 1. The standard InChI is InChI=1S/C16H22N4O2S/c1-18(16-17-13-4-2-3-5-14(13)23-16)15(22)12-20-8-6-19(7-9-20)10-11-21/h2-5,21H,6-12H2,1H3. The quantitative estimate of drug-likeness (QED) is 0.879. The summed E-state index contributed by atoms with van der Waals surface area (Å²) in [5.74, 6) is 0.0691. The third-order valence-electron chi connectivity index (χ3n) is 4.18. The van der Waals surface area contributed by atoms with Gasteiger partial charge in [0.25, 0.3) is 0 Å². The van der Waals surface area contributed by atoms with Crippen LogP contribution in [0, 0.1) is 0 Å². The zero-order valence-electron chi connectivity index (χ0n) is 13.3. The summed E-state index contributed by atoms with van der Waals surface area (Å²) in [7, 11) is 1.79. The van der Waals surface area contributed by atoms with Crippen molar-refractivity contribution in [1.29, 1.82) is 0 Å². The van der Waals surface area contributed by atoms with Crippen molar-refractivity contribution in [2.75, 3.05) is 57.8 Å². The molecule has 2 aromatic rings. The van der Waals surface area contributed by atoms with Gasteiger partial charge in [0.2, 0.25) is 5.91 Å². The van der Waals surface area contributed by atoms with E-state index in [-0.39, 0.29) is 12.5 Å². The fourth-order valence-electron chi connectivity index (χ4n) is 2.72. The van der Waals surface area contributed by atoms with Gasteiger partial charge in [-0.3, -0.25) is 19.5 Å². The van der Waals surface area contributed by atoms with E-state index in [0.717, 1.165) is 41.5 Å². The summed E-state index contributed by atoms with van der Waals surface area (Å²) in [6.07, 6.45) is 0. The maximum Gasteiger partial charge on any atom is 0.242 e. The van der Waals surface area contributed by atoms with Gasteiger partial charge in [-0.15, -0.1) is 0 Å². The Morgan fingerprint density at radius 3 is 2.65 bits per heavy atom. The van der Waals surface area contributed by atoms with Gasteiger partial charge in [-0.2, -0.15) is 0 Å². The SMILES string of the molecule is CN(C(=O)CN1CCN(CCO)CC1)c1nc2ccccc2s1. The molecule has 1 saturated heterocycles. The first-order valence-electron chi connectivity index (χ1n) is 7.85. The molecule has 0 bridgehead atoms. The number of piperazine rings is 1. The van der Waals surface area contributed by atoms with Crippen LogP contribution in [0.4, 0.5) is 5.13 Å². The maximum atomic E-state index is 12.5.